The minimum atomic E-state index is 0. The van der Waals surface area contributed by atoms with Gasteiger partial charge in [-0.2, -0.15) is 0 Å². The van der Waals surface area contributed by atoms with Crippen LogP contribution in [0.15, 0.2) is 103 Å². The van der Waals surface area contributed by atoms with Crippen LogP contribution in [0.5, 0.6) is 0 Å². The van der Waals surface area contributed by atoms with E-state index in [2.05, 4.69) is 395 Å². The van der Waals surface area contributed by atoms with E-state index < -0.39 is 0 Å². The van der Waals surface area contributed by atoms with Crippen LogP contribution in [0.2, 0.25) is 0 Å². The molecule has 0 aromatic heterocycles. The van der Waals surface area contributed by atoms with Crippen LogP contribution in [-0.2, 0) is 25.7 Å². The molecule has 0 heterocycles. The summed E-state index contributed by atoms with van der Waals surface area (Å²) in [6.07, 6.45) is 5.78. The van der Waals surface area contributed by atoms with Crippen molar-refractivity contribution in [3.8, 4) is 11.1 Å². The van der Waals surface area contributed by atoms with Gasteiger partial charge in [0.05, 0.1) is 0 Å². The normalized spacial score (nSPS) is 19.1. The highest BCUT2D eigenvalue weighted by Gasteiger charge is 2.61. The molecule has 2 fully saturated rings. The summed E-state index contributed by atoms with van der Waals surface area (Å²) in [5.74, 6) is 8.55. The fraction of sp³-hybridized carbons (Fsp3) is 0.525. The molecule has 674 valence electrons. The Kier molecular flexibility index (Phi) is 44.0. The fourth-order valence-electron chi connectivity index (χ4n) is 21.3. The lowest BCUT2D eigenvalue weighted by Crippen LogP contribution is -2.62. The average molecular weight is 1650 g/mol. The Morgan fingerprint density at radius 2 is 0.393 bits per heavy atom. The fourth-order valence-corrected chi connectivity index (χ4v) is 21.3. The van der Waals surface area contributed by atoms with E-state index in [4.69, 9.17) is 0 Å². The lowest BCUT2D eigenvalue weighted by atomic mass is 9.38. The first kappa shape index (κ1) is 112. The first-order valence-electron chi connectivity index (χ1n) is 45.5. The molecule has 0 nitrogen and oxygen atoms in total. The van der Waals surface area contributed by atoms with Gasteiger partial charge in [-0.25, -0.2) is 0 Å². The summed E-state index contributed by atoms with van der Waals surface area (Å²) in [6.45, 7) is 99.7. The van der Waals surface area contributed by atoms with E-state index in [1.807, 2.05) is 6.07 Å². The zero-order valence-electron chi connectivity index (χ0n) is 83.1. The second-order valence-corrected chi connectivity index (χ2v) is 38.1. The molecule has 1 spiro atoms. The Balaban J connectivity index is 0.000000719. The van der Waals surface area contributed by atoms with E-state index in [1.165, 1.54) is 247 Å². The second-order valence-electron chi connectivity index (χ2n) is 38.1. The molecule has 0 saturated heterocycles. The van der Waals surface area contributed by atoms with Gasteiger partial charge in [-0.3, -0.25) is 0 Å². The lowest BCUT2D eigenvalue weighted by molar-refractivity contribution is -0.191. The van der Waals surface area contributed by atoms with Crippen molar-refractivity contribution in [1.82, 2.24) is 0 Å². The molecule has 0 N–H and O–H groups in total. The molecule has 8 unspecified atom stereocenters. The minimum absolute atomic E-state index is 0. The Hall–Kier alpha value is -7.54. The highest BCUT2D eigenvalue weighted by Crippen LogP contribution is 2.66. The van der Waals surface area contributed by atoms with Crippen molar-refractivity contribution < 1.29 is 0 Å². The number of rotatable bonds is 8. The topological polar surface area (TPSA) is 0 Å². The van der Waals surface area contributed by atoms with Crippen molar-refractivity contribution >= 4 is 10.8 Å². The first-order chi connectivity index (χ1) is 54.6. The summed E-state index contributed by atoms with van der Waals surface area (Å²) >= 11 is 0. The van der Waals surface area contributed by atoms with Crippen molar-refractivity contribution in [2.45, 2.75) is 367 Å². The van der Waals surface area contributed by atoms with Gasteiger partial charge in [-0.15, -0.1) is 0 Å². The Labute approximate surface area is 757 Å². The molecule has 10 aromatic rings. The predicted octanol–water partition coefficient (Wildman–Crippen LogP) is 36.7. The van der Waals surface area contributed by atoms with Gasteiger partial charge in [0.25, 0.3) is 0 Å². The molecule has 8 atom stereocenters. The van der Waals surface area contributed by atoms with E-state index in [1.54, 1.807) is 0 Å². The smallest absolute Gasteiger partial charge is 0.00149 e. The maximum absolute atomic E-state index is 2.59. The molecule has 0 amide bonds. The maximum atomic E-state index is 2.59. The molecule has 0 radical (unpaired) electrons. The van der Waals surface area contributed by atoms with E-state index in [-0.39, 0.29) is 37.1 Å². The highest BCUT2D eigenvalue weighted by atomic mass is 14.7. The molecule has 10 aromatic carbocycles. The van der Waals surface area contributed by atoms with Crippen molar-refractivity contribution in [3.05, 3.63) is 309 Å². The van der Waals surface area contributed by atoms with Gasteiger partial charge in [0.2, 0.25) is 0 Å². The lowest BCUT2D eigenvalue weighted by Gasteiger charge is -2.67. The third-order valence-electron chi connectivity index (χ3n) is 33.9. The van der Waals surface area contributed by atoms with Gasteiger partial charge in [0.15, 0.2) is 0 Å². The molecule has 2 saturated carbocycles. The zero-order chi connectivity index (χ0) is 88.5. The van der Waals surface area contributed by atoms with Crippen LogP contribution in [-0.4, -0.2) is 0 Å². The zero-order valence-corrected chi connectivity index (χ0v) is 83.1. The molecular weight excluding hydrogens is 1470 g/mol. The second kappa shape index (κ2) is 47.7. The molecule has 0 bridgehead atoms. The molecule has 0 aliphatic heterocycles. The van der Waals surface area contributed by atoms with Crippen molar-refractivity contribution in [3.63, 3.8) is 0 Å². The van der Waals surface area contributed by atoms with E-state index in [0.717, 1.165) is 72.0 Å². The summed E-state index contributed by atoms with van der Waals surface area (Å²) in [6, 6.07) is 36.5. The van der Waals surface area contributed by atoms with Crippen LogP contribution >= 0.6 is 0 Å². The maximum Gasteiger partial charge on any atom is -0.00149 e. The standard InChI is InChI=1S/C23H32.C22H30.C21H40.C16H20.C15H16.C12H18.C8H10.5CH4/c1-12-14(3)18(7)22(19(8)15(12)4)11-23-20(9)16(5)13(2)17(6)21(23)10;1-11-13(3)17(7)21(18(8)14(11)4)22-19(9)15(5)12(2)16(6)20(22)10;1-11-13(3)17(7)21(18(8)14(11)4)19(9)15(5)12(2)16(6)20(21)10;1-9-7-15-13(5)11(3)12(4)14(6)16(15)8-10(9)2;1-3-8-14(9-4-1)12-7-13-15-10-5-2-6-11-15;1-7-8(2)10(4)12(6)11(5)9(7)3;1-2-8-6-4-3-5-7-8;;;;;/h11H2,1-10H3;1-10H3;11-20H,1-10H3;7-8H,1-6H3;1-6,8-11H,7,12-13H2;1-6H3;3-7H,2H2,1H3;5*1H4. The van der Waals surface area contributed by atoms with Crippen molar-refractivity contribution in [2.24, 2.45) is 64.6 Å². The molecule has 12 rings (SSSR count). The number of fused-ring (bicyclic) bond motifs is 1. The monoisotopic (exact) mass is 1650 g/mol. The van der Waals surface area contributed by atoms with Gasteiger partial charge < -0.3 is 0 Å². The van der Waals surface area contributed by atoms with E-state index in [0.29, 0.717) is 5.41 Å². The average Bonchev–Trinajstić information content (AvgIpc) is 0.704. The van der Waals surface area contributed by atoms with Crippen LogP contribution in [0, 0.1) is 286 Å². The summed E-state index contributed by atoms with van der Waals surface area (Å²) in [5.41, 5.74) is 57.1. The highest BCUT2D eigenvalue weighted by molar-refractivity contribution is 5.92. The SMILES string of the molecule is C.C.C.C.C.CC1C(C)C(C)C2(C(C)C1C)C(C)C(C)C(C)C(C)C2C.CCc1ccccc1.Cc1c(C)c(C)c(-c2c(C)c(C)c(C)c(C)c2C)c(C)c1C.Cc1c(C)c(C)c(C)c(C)c1C.Cc1c(C)c(C)c(Cc2c(C)c(C)c(C)c(C)c2C)c(C)c1C.Cc1cc2c(C)c(C)c(C)c(C)c2cc1C.c1ccc(CCCc2ccccc2)cc1. The van der Waals surface area contributed by atoms with Crippen LogP contribution in [0.1, 0.15) is 326 Å². The Bertz CT molecular complexity index is 4550. The van der Waals surface area contributed by atoms with Crippen molar-refractivity contribution in [2.75, 3.05) is 0 Å². The number of hydrogen-bond acceptors (Lipinski definition) is 0. The van der Waals surface area contributed by atoms with Crippen LogP contribution in [0.25, 0.3) is 21.9 Å². The minimum Gasteiger partial charge on any atom is -0.0776 e. The Morgan fingerprint density at radius 1 is 0.213 bits per heavy atom. The third kappa shape index (κ3) is 23.4. The largest absolute Gasteiger partial charge is 0.0776 e. The summed E-state index contributed by atoms with van der Waals surface area (Å²) < 4.78 is 0. The quantitative estimate of drug-likeness (QED) is 0.142. The first-order valence-corrected chi connectivity index (χ1v) is 45.5. The van der Waals surface area contributed by atoms with Gasteiger partial charge >= 0.3 is 0 Å². The molecule has 2 aliphatic carbocycles. The van der Waals surface area contributed by atoms with Gasteiger partial charge in [0, 0.05) is 0 Å². The van der Waals surface area contributed by atoms with Gasteiger partial charge in [-0.05, 0) is 546 Å². The number of aryl methyl sites for hydroxylation is 7. The summed E-state index contributed by atoms with van der Waals surface area (Å²) in [5, 5.41) is 2.84. The van der Waals surface area contributed by atoms with E-state index in [9.17, 15) is 0 Å². The summed E-state index contributed by atoms with van der Waals surface area (Å²) in [4.78, 5) is 0. The Morgan fingerprint density at radius 3 is 0.590 bits per heavy atom. The van der Waals surface area contributed by atoms with Crippen LogP contribution in [0.3, 0.4) is 0 Å². The van der Waals surface area contributed by atoms with Gasteiger partial charge in [0.1, 0.15) is 0 Å². The summed E-state index contributed by atoms with van der Waals surface area (Å²) in [7, 11) is 0. The molecule has 2 aliphatic rings. The van der Waals surface area contributed by atoms with Crippen molar-refractivity contribution in [1.29, 1.82) is 0 Å². The molecule has 0 heteroatoms. The molecule has 122 heavy (non-hydrogen) atoms. The number of benzene rings is 10. The third-order valence-corrected chi connectivity index (χ3v) is 33.9. The van der Waals surface area contributed by atoms with E-state index >= 15 is 0 Å². The van der Waals surface area contributed by atoms with Crippen LogP contribution < -0.4 is 0 Å². The van der Waals surface area contributed by atoms with Gasteiger partial charge in [-0.1, -0.05) is 216 Å². The predicted molar refractivity (Wildman–Crippen MR) is 558 cm³/mol. The molecular formula is C122H186. The number of hydrogen-bond donors (Lipinski definition) is 0. The van der Waals surface area contributed by atoms with Crippen LogP contribution in [0.4, 0.5) is 0 Å².